The first kappa shape index (κ1) is 18.9. The molecule has 0 saturated heterocycles. The zero-order valence-electron chi connectivity index (χ0n) is 13.4. The van der Waals surface area contributed by atoms with Crippen molar-refractivity contribution in [2.24, 2.45) is 5.73 Å². The number of carbonyl (C=O) groups excluding carboxylic acids is 1. The van der Waals surface area contributed by atoms with E-state index in [1.807, 2.05) is 13.8 Å². The van der Waals surface area contributed by atoms with Crippen LogP contribution in [-0.2, 0) is 16.1 Å². The van der Waals surface area contributed by atoms with Crippen LogP contribution in [-0.4, -0.2) is 40.1 Å². The lowest BCUT2D eigenvalue weighted by molar-refractivity contribution is -0.136. The Kier molecular flexibility index (Phi) is 6.77. The van der Waals surface area contributed by atoms with Crippen molar-refractivity contribution in [1.29, 1.82) is 0 Å². The van der Waals surface area contributed by atoms with Gasteiger partial charge in [0.15, 0.2) is 5.82 Å². The number of amides is 1. The maximum Gasteiger partial charge on any atom is 0.246 e. The molecular formula is C14H25ClN4O3. The molecule has 0 bridgehead atoms. The minimum absolute atomic E-state index is 0. The van der Waals surface area contributed by atoms with Crippen LogP contribution >= 0.6 is 12.4 Å². The number of rotatable bonds is 6. The van der Waals surface area contributed by atoms with E-state index in [2.05, 4.69) is 10.1 Å². The number of aromatic nitrogens is 2. The molecule has 0 aromatic carbocycles. The van der Waals surface area contributed by atoms with Crippen LogP contribution < -0.4 is 5.73 Å². The molecule has 1 unspecified atom stereocenters. The van der Waals surface area contributed by atoms with Crippen LogP contribution in [0.25, 0.3) is 0 Å². The van der Waals surface area contributed by atoms with Crippen molar-refractivity contribution in [3.8, 4) is 0 Å². The van der Waals surface area contributed by atoms with Gasteiger partial charge in [0.1, 0.15) is 6.10 Å². The number of ether oxygens (including phenoxy) is 1. The van der Waals surface area contributed by atoms with Crippen molar-refractivity contribution < 1.29 is 14.1 Å². The molecular weight excluding hydrogens is 308 g/mol. The van der Waals surface area contributed by atoms with Gasteiger partial charge in [-0.2, -0.15) is 4.98 Å². The van der Waals surface area contributed by atoms with Crippen LogP contribution in [0.3, 0.4) is 0 Å². The normalized spacial score (nSPS) is 17.8. The lowest BCUT2D eigenvalue weighted by Crippen LogP contribution is -2.52. The molecule has 1 aliphatic rings. The van der Waals surface area contributed by atoms with Gasteiger partial charge in [-0.1, -0.05) is 18.0 Å². The van der Waals surface area contributed by atoms with Gasteiger partial charge in [-0.15, -0.1) is 12.4 Å². The highest BCUT2D eigenvalue weighted by molar-refractivity contribution is 5.86. The number of nitrogens with zero attached hydrogens (tertiary/aromatic N) is 3. The number of hydrogen-bond acceptors (Lipinski definition) is 6. The summed E-state index contributed by atoms with van der Waals surface area (Å²) in [5.74, 6) is 0.836. The van der Waals surface area contributed by atoms with Crippen LogP contribution in [0.5, 0.6) is 0 Å². The van der Waals surface area contributed by atoms with E-state index in [0.717, 1.165) is 25.7 Å². The van der Waals surface area contributed by atoms with E-state index in [1.54, 1.807) is 11.9 Å². The Bertz CT molecular complexity index is 488. The summed E-state index contributed by atoms with van der Waals surface area (Å²) in [6.45, 7) is 4.62. The second-order valence-electron chi connectivity index (χ2n) is 5.67. The van der Waals surface area contributed by atoms with Crippen molar-refractivity contribution >= 4 is 18.3 Å². The first-order valence-corrected chi connectivity index (χ1v) is 7.45. The van der Waals surface area contributed by atoms with E-state index < -0.39 is 5.54 Å². The molecule has 2 rings (SSSR count). The van der Waals surface area contributed by atoms with Gasteiger partial charge >= 0.3 is 0 Å². The van der Waals surface area contributed by atoms with E-state index in [1.165, 1.54) is 0 Å². The summed E-state index contributed by atoms with van der Waals surface area (Å²) in [5, 5.41) is 3.88. The van der Waals surface area contributed by atoms with Crippen LogP contribution in [0.15, 0.2) is 4.52 Å². The van der Waals surface area contributed by atoms with Gasteiger partial charge in [-0.3, -0.25) is 4.79 Å². The molecule has 1 atom stereocenters. The molecule has 2 N–H and O–H groups in total. The van der Waals surface area contributed by atoms with Gasteiger partial charge < -0.3 is 19.9 Å². The molecule has 126 valence electrons. The monoisotopic (exact) mass is 332 g/mol. The van der Waals surface area contributed by atoms with Gasteiger partial charge in [0, 0.05) is 13.7 Å². The topological polar surface area (TPSA) is 94.5 Å². The summed E-state index contributed by atoms with van der Waals surface area (Å²) < 4.78 is 10.6. The lowest BCUT2D eigenvalue weighted by Gasteiger charge is -2.27. The Labute approximate surface area is 137 Å². The zero-order chi connectivity index (χ0) is 15.5. The standard InChI is InChI=1S/C14H24N4O3.ClH/c1-4-20-10(2)12-16-11(21-17-12)9-18(3)13(19)14(15)7-5-6-8-14;/h10H,4-9,15H2,1-3H3;1H. The van der Waals surface area contributed by atoms with Gasteiger partial charge in [0.25, 0.3) is 0 Å². The predicted molar refractivity (Wildman–Crippen MR) is 83.4 cm³/mol. The summed E-state index contributed by atoms with van der Waals surface area (Å²) >= 11 is 0. The van der Waals surface area contributed by atoms with Crippen molar-refractivity contribution in [2.75, 3.05) is 13.7 Å². The number of carbonyl (C=O) groups is 1. The van der Waals surface area contributed by atoms with E-state index in [9.17, 15) is 4.79 Å². The van der Waals surface area contributed by atoms with Gasteiger partial charge in [-0.05, 0) is 26.7 Å². The molecule has 1 aromatic heterocycles. The van der Waals surface area contributed by atoms with E-state index in [4.69, 9.17) is 15.0 Å². The third-order valence-corrected chi connectivity index (χ3v) is 3.90. The third kappa shape index (κ3) is 4.18. The highest BCUT2D eigenvalue weighted by Gasteiger charge is 2.39. The Hall–Kier alpha value is -1.18. The second-order valence-corrected chi connectivity index (χ2v) is 5.67. The summed E-state index contributed by atoms with van der Waals surface area (Å²) in [7, 11) is 1.71. The van der Waals surface area contributed by atoms with Crippen molar-refractivity contribution in [1.82, 2.24) is 15.0 Å². The van der Waals surface area contributed by atoms with Crippen molar-refractivity contribution in [3.05, 3.63) is 11.7 Å². The lowest BCUT2D eigenvalue weighted by atomic mass is 9.97. The van der Waals surface area contributed by atoms with Crippen LogP contribution in [0.1, 0.15) is 57.3 Å². The fraction of sp³-hybridized carbons (Fsp3) is 0.786. The third-order valence-electron chi connectivity index (χ3n) is 3.90. The zero-order valence-corrected chi connectivity index (χ0v) is 14.2. The quantitative estimate of drug-likeness (QED) is 0.853. The fourth-order valence-corrected chi connectivity index (χ4v) is 2.70. The average molecular weight is 333 g/mol. The number of halogens is 1. The highest BCUT2D eigenvalue weighted by Crippen LogP contribution is 2.29. The molecule has 1 aliphatic carbocycles. The molecule has 0 aliphatic heterocycles. The summed E-state index contributed by atoms with van der Waals surface area (Å²) in [4.78, 5) is 18.2. The molecule has 1 amide bonds. The van der Waals surface area contributed by atoms with Gasteiger partial charge in [0.2, 0.25) is 11.8 Å². The Morgan fingerprint density at radius 1 is 1.50 bits per heavy atom. The predicted octanol–water partition coefficient (Wildman–Crippen LogP) is 1.82. The van der Waals surface area contributed by atoms with Gasteiger partial charge in [0.05, 0.1) is 12.1 Å². The van der Waals surface area contributed by atoms with Crippen molar-refractivity contribution in [3.63, 3.8) is 0 Å². The number of hydrogen-bond donors (Lipinski definition) is 1. The minimum atomic E-state index is -0.726. The molecule has 1 aromatic rings. The molecule has 0 spiro atoms. The average Bonchev–Trinajstić information content (AvgIpc) is 3.08. The first-order valence-electron chi connectivity index (χ1n) is 7.45. The molecule has 7 nitrogen and oxygen atoms in total. The smallest absolute Gasteiger partial charge is 0.246 e. The van der Waals surface area contributed by atoms with Crippen LogP contribution in [0, 0.1) is 0 Å². The summed E-state index contributed by atoms with van der Waals surface area (Å²) in [6.07, 6.45) is 3.28. The van der Waals surface area contributed by atoms with E-state index >= 15 is 0 Å². The van der Waals surface area contributed by atoms with E-state index in [0.29, 0.717) is 18.3 Å². The fourth-order valence-electron chi connectivity index (χ4n) is 2.70. The number of nitrogens with two attached hydrogens (primary N) is 1. The Morgan fingerprint density at radius 3 is 2.73 bits per heavy atom. The molecule has 0 radical (unpaired) electrons. The molecule has 8 heteroatoms. The maximum absolute atomic E-state index is 12.4. The first-order chi connectivity index (χ1) is 9.96. The van der Waals surface area contributed by atoms with Crippen LogP contribution in [0.4, 0.5) is 0 Å². The van der Waals surface area contributed by atoms with Crippen LogP contribution in [0.2, 0.25) is 0 Å². The SMILES string of the molecule is CCOC(C)c1noc(CN(C)C(=O)C2(N)CCCC2)n1.Cl. The van der Waals surface area contributed by atoms with Crippen molar-refractivity contribution in [2.45, 2.75) is 57.7 Å². The summed E-state index contributed by atoms with van der Waals surface area (Å²) in [6, 6.07) is 0. The summed E-state index contributed by atoms with van der Waals surface area (Å²) in [5.41, 5.74) is 5.45. The van der Waals surface area contributed by atoms with E-state index in [-0.39, 0.29) is 31.0 Å². The molecule has 1 heterocycles. The molecule has 1 fully saturated rings. The molecule has 22 heavy (non-hydrogen) atoms. The number of likely N-dealkylation sites (N-methyl/N-ethyl adjacent to an activating group) is 1. The Morgan fingerprint density at radius 2 is 2.14 bits per heavy atom. The van der Waals surface area contributed by atoms with Gasteiger partial charge in [-0.25, -0.2) is 0 Å². The molecule has 1 saturated carbocycles. The largest absolute Gasteiger partial charge is 0.371 e. The highest BCUT2D eigenvalue weighted by atomic mass is 35.5. The maximum atomic E-state index is 12.4. The minimum Gasteiger partial charge on any atom is -0.371 e. The second kappa shape index (κ2) is 7.89. The Balaban J connectivity index is 0.00000242.